The molecule has 10 heteroatoms. The van der Waals surface area contributed by atoms with E-state index in [0.29, 0.717) is 34.1 Å². The number of nitrogens with one attached hydrogen (secondary N) is 1. The van der Waals surface area contributed by atoms with E-state index in [4.69, 9.17) is 16.0 Å². The van der Waals surface area contributed by atoms with Gasteiger partial charge in [-0.05, 0) is 37.0 Å². The van der Waals surface area contributed by atoms with Crippen molar-refractivity contribution < 1.29 is 9.21 Å². The van der Waals surface area contributed by atoms with Gasteiger partial charge in [-0.1, -0.05) is 18.5 Å². The lowest BCUT2D eigenvalue weighted by Gasteiger charge is -2.61. The van der Waals surface area contributed by atoms with Crippen molar-refractivity contribution in [1.82, 2.24) is 30.1 Å². The highest BCUT2D eigenvalue weighted by Crippen LogP contribution is 2.55. The molecule has 1 aromatic carbocycles. The summed E-state index contributed by atoms with van der Waals surface area (Å²) < 4.78 is 5.75. The van der Waals surface area contributed by atoms with E-state index >= 15 is 0 Å². The molecule has 1 aliphatic carbocycles. The van der Waals surface area contributed by atoms with Crippen LogP contribution < -0.4 is 5.32 Å². The van der Waals surface area contributed by atoms with Gasteiger partial charge >= 0.3 is 6.03 Å². The monoisotopic (exact) mass is 413 g/mol. The number of carbonyl (C=O) groups is 1. The summed E-state index contributed by atoms with van der Waals surface area (Å²) in [5.41, 5.74) is 0.669. The molecule has 150 valence electrons. The molecule has 0 unspecified atom stereocenters. The van der Waals surface area contributed by atoms with E-state index in [0.717, 1.165) is 19.3 Å². The molecule has 2 amide bonds. The minimum Gasteiger partial charge on any atom is -0.423 e. The SMILES string of the molecule is Cc1nnc([C@]23C[C@@H](C)C[C@H](C2)N3C(=O)Nc2ccc(Cl)c(-n3nccn3)c2)o1. The van der Waals surface area contributed by atoms with E-state index < -0.39 is 5.54 Å². The number of fused-ring (bicyclic) bond motifs is 2. The summed E-state index contributed by atoms with van der Waals surface area (Å²) in [5.74, 6) is 1.51. The quantitative estimate of drug-likeness (QED) is 0.704. The van der Waals surface area contributed by atoms with Crippen molar-refractivity contribution in [1.29, 1.82) is 0 Å². The number of aromatic nitrogens is 5. The van der Waals surface area contributed by atoms with Gasteiger partial charge in [0.15, 0.2) is 0 Å². The van der Waals surface area contributed by atoms with Gasteiger partial charge in [-0.25, -0.2) is 4.79 Å². The lowest BCUT2D eigenvalue weighted by Crippen LogP contribution is -2.70. The normalized spacial score (nSPS) is 25.6. The van der Waals surface area contributed by atoms with Gasteiger partial charge in [0.05, 0.1) is 17.4 Å². The highest BCUT2D eigenvalue weighted by Gasteiger charge is 2.62. The number of urea groups is 1. The summed E-state index contributed by atoms with van der Waals surface area (Å²) in [6, 6.07) is 5.19. The number of piperidine rings is 1. The Morgan fingerprint density at radius 1 is 1.28 bits per heavy atom. The molecule has 3 heterocycles. The summed E-state index contributed by atoms with van der Waals surface area (Å²) in [4.78, 5) is 16.5. The Hall–Kier alpha value is -2.94. The maximum Gasteiger partial charge on any atom is 0.323 e. The van der Waals surface area contributed by atoms with Gasteiger partial charge in [0.1, 0.15) is 11.2 Å². The molecule has 1 N–H and O–H groups in total. The van der Waals surface area contributed by atoms with Crippen LogP contribution in [0.25, 0.3) is 5.69 Å². The fraction of sp³-hybridized carbons (Fsp3) is 0.421. The molecule has 3 aromatic rings. The number of halogens is 1. The summed E-state index contributed by atoms with van der Waals surface area (Å²) >= 11 is 6.27. The third kappa shape index (κ3) is 2.88. The van der Waals surface area contributed by atoms with E-state index in [-0.39, 0.29) is 12.1 Å². The van der Waals surface area contributed by atoms with Crippen molar-refractivity contribution >= 4 is 23.3 Å². The predicted octanol–water partition coefficient (Wildman–Crippen LogP) is 3.54. The van der Waals surface area contributed by atoms with Crippen LogP contribution in [-0.2, 0) is 5.54 Å². The molecule has 0 spiro atoms. The largest absolute Gasteiger partial charge is 0.423 e. The van der Waals surface area contributed by atoms with Crippen LogP contribution >= 0.6 is 11.6 Å². The van der Waals surface area contributed by atoms with E-state index in [9.17, 15) is 4.79 Å². The zero-order chi connectivity index (χ0) is 20.2. The molecular formula is C19H20ClN7O2. The highest BCUT2D eigenvalue weighted by molar-refractivity contribution is 6.32. The van der Waals surface area contributed by atoms with Gasteiger partial charge in [-0.15, -0.1) is 10.2 Å². The molecule has 3 atom stereocenters. The van der Waals surface area contributed by atoms with Crippen molar-refractivity contribution in [3.63, 3.8) is 0 Å². The fourth-order valence-electron chi connectivity index (χ4n) is 4.70. The molecule has 9 nitrogen and oxygen atoms in total. The Labute approximate surface area is 172 Å². The van der Waals surface area contributed by atoms with Crippen LogP contribution in [0.4, 0.5) is 10.5 Å². The van der Waals surface area contributed by atoms with Crippen molar-refractivity contribution in [3.05, 3.63) is 47.4 Å². The number of anilines is 1. The maximum atomic E-state index is 13.2. The van der Waals surface area contributed by atoms with E-state index in [1.165, 1.54) is 4.80 Å². The van der Waals surface area contributed by atoms with E-state index in [1.807, 2.05) is 4.90 Å². The molecule has 1 aliphatic heterocycles. The Morgan fingerprint density at radius 2 is 2.07 bits per heavy atom. The second-order valence-corrected chi connectivity index (χ2v) is 8.25. The molecule has 2 aliphatic rings. The van der Waals surface area contributed by atoms with E-state index in [1.54, 1.807) is 37.5 Å². The molecule has 2 fully saturated rings. The van der Waals surface area contributed by atoms with Crippen molar-refractivity contribution in [2.45, 2.75) is 44.7 Å². The van der Waals surface area contributed by atoms with Gasteiger partial charge < -0.3 is 14.6 Å². The highest BCUT2D eigenvalue weighted by atomic mass is 35.5. The average Bonchev–Trinajstić information content (AvgIpc) is 3.34. The third-order valence-corrected chi connectivity index (χ3v) is 6.05. The Kier molecular flexibility index (Phi) is 4.09. The maximum absolute atomic E-state index is 13.2. The molecule has 1 saturated heterocycles. The number of aryl methyl sites for hydroxylation is 1. The first-order valence-corrected chi connectivity index (χ1v) is 9.91. The number of hydrogen-bond acceptors (Lipinski definition) is 6. The van der Waals surface area contributed by atoms with Gasteiger partial charge in [-0.2, -0.15) is 15.0 Å². The summed E-state index contributed by atoms with van der Waals surface area (Å²) in [6.07, 6.45) is 5.75. The van der Waals surface area contributed by atoms with Crippen molar-refractivity contribution in [2.24, 2.45) is 5.92 Å². The van der Waals surface area contributed by atoms with Gasteiger partial charge in [0.2, 0.25) is 11.8 Å². The van der Waals surface area contributed by atoms with Gasteiger partial charge in [-0.3, -0.25) is 0 Å². The zero-order valence-electron chi connectivity index (χ0n) is 16.0. The first-order chi connectivity index (χ1) is 14.0. The van der Waals surface area contributed by atoms with Crippen LogP contribution in [0.5, 0.6) is 0 Å². The number of carbonyl (C=O) groups excluding carboxylic acids is 1. The standard InChI is InChI=1S/C19H20ClN7O2/c1-11-7-14-10-19(9-11,17-25-24-12(2)29-17)26(14)18(28)23-13-3-4-15(20)16(8-13)27-21-5-6-22-27/h3-6,8,11,14H,7,9-10H2,1-2H3,(H,23,28)/t11-,14+,19-/m0/s1. The number of amides is 2. The molecule has 2 bridgehead atoms. The second-order valence-electron chi connectivity index (χ2n) is 7.85. The number of likely N-dealkylation sites (tertiary alicyclic amines) is 1. The van der Waals surface area contributed by atoms with Crippen LogP contribution in [-0.4, -0.2) is 42.2 Å². The Balaban J connectivity index is 1.43. The number of rotatable bonds is 3. The molecule has 0 radical (unpaired) electrons. The minimum absolute atomic E-state index is 0.158. The molecule has 5 rings (SSSR count). The second kappa shape index (κ2) is 6.55. The first-order valence-electron chi connectivity index (χ1n) is 9.53. The lowest BCUT2D eigenvalue weighted by molar-refractivity contribution is -0.110. The molecule has 29 heavy (non-hydrogen) atoms. The lowest BCUT2D eigenvalue weighted by atomic mass is 9.64. The van der Waals surface area contributed by atoms with Crippen LogP contribution in [0.3, 0.4) is 0 Å². The average molecular weight is 414 g/mol. The number of nitrogens with zero attached hydrogens (tertiary/aromatic N) is 6. The number of hydrogen-bond donors (Lipinski definition) is 1. The Bertz CT molecular complexity index is 1070. The van der Waals surface area contributed by atoms with Crippen molar-refractivity contribution in [2.75, 3.05) is 5.32 Å². The topological polar surface area (TPSA) is 102 Å². The summed E-state index contributed by atoms with van der Waals surface area (Å²) in [6.45, 7) is 3.96. The van der Waals surface area contributed by atoms with Crippen LogP contribution in [0, 0.1) is 12.8 Å². The van der Waals surface area contributed by atoms with E-state index in [2.05, 4.69) is 32.6 Å². The van der Waals surface area contributed by atoms with Gasteiger partial charge in [0, 0.05) is 25.1 Å². The smallest absolute Gasteiger partial charge is 0.323 e. The van der Waals surface area contributed by atoms with Crippen LogP contribution in [0.2, 0.25) is 5.02 Å². The molecule has 1 saturated carbocycles. The summed E-state index contributed by atoms with van der Waals surface area (Å²) in [5, 5.41) is 19.9. The molecule has 2 aromatic heterocycles. The Morgan fingerprint density at radius 3 is 2.79 bits per heavy atom. The van der Waals surface area contributed by atoms with Crippen LogP contribution in [0.1, 0.15) is 38.0 Å². The third-order valence-electron chi connectivity index (χ3n) is 5.73. The zero-order valence-corrected chi connectivity index (χ0v) is 16.8. The summed E-state index contributed by atoms with van der Waals surface area (Å²) in [7, 11) is 0. The number of benzene rings is 1. The molecular weight excluding hydrogens is 394 g/mol. The first kappa shape index (κ1) is 18.1. The van der Waals surface area contributed by atoms with Crippen molar-refractivity contribution in [3.8, 4) is 5.69 Å². The minimum atomic E-state index is -0.535. The van der Waals surface area contributed by atoms with Gasteiger partial charge in [0.25, 0.3) is 0 Å². The predicted molar refractivity (Wildman–Crippen MR) is 105 cm³/mol. The fourth-order valence-corrected chi connectivity index (χ4v) is 4.89. The van der Waals surface area contributed by atoms with Crippen LogP contribution in [0.15, 0.2) is 35.0 Å².